The fourth-order valence-corrected chi connectivity index (χ4v) is 2.62. The smallest absolute Gasteiger partial charge is 0.163 e. The molecule has 1 aromatic rings. The van der Waals surface area contributed by atoms with Gasteiger partial charge in [-0.15, -0.1) is 0 Å². The van der Waals surface area contributed by atoms with E-state index in [4.69, 9.17) is 16.3 Å². The van der Waals surface area contributed by atoms with Gasteiger partial charge in [0.25, 0.3) is 0 Å². The lowest BCUT2D eigenvalue weighted by Gasteiger charge is -2.09. The first kappa shape index (κ1) is 12.4. The number of ketones is 1. The van der Waals surface area contributed by atoms with Gasteiger partial charge in [-0.1, -0.05) is 37.3 Å². The second kappa shape index (κ2) is 5.54. The van der Waals surface area contributed by atoms with Gasteiger partial charge in [0.1, 0.15) is 5.75 Å². The number of hydrogen-bond donors (Lipinski definition) is 0. The third kappa shape index (κ3) is 3.01. The molecule has 0 atom stereocenters. The molecule has 0 amide bonds. The number of rotatable bonds is 4. The number of carbonyl (C=O) groups excluding carboxylic acids is 1. The summed E-state index contributed by atoms with van der Waals surface area (Å²) < 4.78 is 5.12. The van der Waals surface area contributed by atoms with E-state index in [9.17, 15) is 4.79 Å². The minimum absolute atomic E-state index is 0.201. The fraction of sp³-hybridized carbons (Fsp3) is 0.500. The normalized spacial score (nSPS) is 16.1. The molecule has 0 N–H and O–H groups in total. The Labute approximate surface area is 107 Å². The number of benzene rings is 1. The van der Waals surface area contributed by atoms with E-state index in [1.807, 2.05) is 0 Å². The molecule has 0 unspecified atom stereocenters. The third-order valence-electron chi connectivity index (χ3n) is 3.42. The quantitative estimate of drug-likeness (QED) is 0.754. The van der Waals surface area contributed by atoms with E-state index in [0.717, 1.165) is 0 Å². The van der Waals surface area contributed by atoms with Crippen molar-refractivity contribution in [2.75, 3.05) is 7.11 Å². The van der Waals surface area contributed by atoms with Crippen molar-refractivity contribution in [2.24, 2.45) is 5.92 Å². The van der Waals surface area contributed by atoms with E-state index < -0.39 is 0 Å². The molecule has 0 heterocycles. The highest BCUT2D eigenvalue weighted by Gasteiger charge is 2.19. The van der Waals surface area contributed by atoms with Crippen molar-refractivity contribution in [3.63, 3.8) is 0 Å². The molecule has 0 bridgehead atoms. The predicted octanol–water partition coefficient (Wildman–Crippen LogP) is 4.11. The van der Waals surface area contributed by atoms with Gasteiger partial charge in [0, 0.05) is 12.0 Å². The maximum Gasteiger partial charge on any atom is 0.163 e. The molecule has 1 aromatic carbocycles. The van der Waals surface area contributed by atoms with E-state index >= 15 is 0 Å². The van der Waals surface area contributed by atoms with Crippen LogP contribution in [0.25, 0.3) is 0 Å². The van der Waals surface area contributed by atoms with Crippen LogP contribution in [0.1, 0.15) is 42.5 Å². The van der Waals surface area contributed by atoms with Gasteiger partial charge in [-0.25, -0.2) is 0 Å². The van der Waals surface area contributed by atoms with Crippen molar-refractivity contribution in [1.29, 1.82) is 0 Å². The van der Waals surface area contributed by atoms with Gasteiger partial charge in [-0.05, 0) is 24.1 Å². The minimum Gasteiger partial charge on any atom is -0.495 e. The lowest BCUT2D eigenvalue weighted by Crippen LogP contribution is -2.06. The van der Waals surface area contributed by atoms with Crippen molar-refractivity contribution in [3.8, 4) is 5.75 Å². The molecule has 1 aliphatic rings. The maximum atomic E-state index is 12.1. The van der Waals surface area contributed by atoms with Gasteiger partial charge in [0.2, 0.25) is 0 Å². The van der Waals surface area contributed by atoms with Crippen LogP contribution in [0.4, 0.5) is 0 Å². The topological polar surface area (TPSA) is 26.3 Å². The Kier molecular flexibility index (Phi) is 4.06. The number of carbonyl (C=O) groups is 1. The summed E-state index contributed by atoms with van der Waals surface area (Å²) >= 11 is 5.94. The lowest BCUT2D eigenvalue weighted by atomic mass is 9.97. The highest BCUT2D eigenvalue weighted by molar-refractivity contribution is 6.32. The van der Waals surface area contributed by atoms with Crippen molar-refractivity contribution in [3.05, 3.63) is 28.8 Å². The van der Waals surface area contributed by atoms with Crippen LogP contribution in [0.5, 0.6) is 5.75 Å². The SMILES string of the molecule is COc1cc(C(=O)CC2CCCC2)ccc1Cl. The molecule has 92 valence electrons. The molecular formula is C14H17ClO2. The Bertz CT molecular complexity index is 409. The van der Waals surface area contributed by atoms with Gasteiger partial charge >= 0.3 is 0 Å². The summed E-state index contributed by atoms with van der Waals surface area (Å²) in [5, 5.41) is 0.546. The number of hydrogen-bond acceptors (Lipinski definition) is 2. The molecule has 2 nitrogen and oxygen atoms in total. The van der Waals surface area contributed by atoms with Crippen LogP contribution in [-0.4, -0.2) is 12.9 Å². The van der Waals surface area contributed by atoms with Crippen LogP contribution >= 0.6 is 11.6 Å². The van der Waals surface area contributed by atoms with Crippen LogP contribution in [0.3, 0.4) is 0 Å². The molecule has 1 aliphatic carbocycles. The zero-order chi connectivity index (χ0) is 12.3. The first-order valence-electron chi connectivity index (χ1n) is 6.07. The van der Waals surface area contributed by atoms with Crippen molar-refractivity contribution in [2.45, 2.75) is 32.1 Å². The number of Topliss-reactive ketones (excluding diaryl/α,β-unsaturated/α-hetero) is 1. The van der Waals surface area contributed by atoms with Crippen LogP contribution < -0.4 is 4.74 Å². The number of methoxy groups -OCH3 is 1. The highest BCUT2D eigenvalue weighted by Crippen LogP contribution is 2.30. The zero-order valence-corrected chi connectivity index (χ0v) is 10.8. The van der Waals surface area contributed by atoms with Gasteiger partial charge in [-0.2, -0.15) is 0 Å². The Balaban J connectivity index is 2.07. The summed E-state index contributed by atoms with van der Waals surface area (Å²) in [6.45, 7) is 0. The van der Waals surface area contributed by atoms with Gasteiger partial charge < -0.3 is 4.74 Å². The summed E-state index contributed by atoms with van der Waals surface area (Å²) in [6, 6.07) is 5.24. The largest absolute Gasteiger partial charge is 0.495 e. The van der Waals surface area contributed by atoms with E-state index in [2.05, 4.69) is 0 Å². The van der Waals surface area contributed by atoms with Crippen molar-refractivity contribution < 1.29 is 9.53 Å². The van der Waals surface area contributed by atoms with Crippen molar-refractivity contribution in [1.82, 2.24) is 0 Å². The Hall–Kier alpha value is -1.02. The average molecular weight is 253 g/mol. The Morgan fingerprint density at radius 1 is 1.41 bits per heavy atom. The van der Waals surface area contributed by atoms with Gasteiger partial charge in [-0.3, -0.25) is 4.79 Å². The second-order valence-corrected chi connectivity index (χ2v) is 5.03. The molecule has 0 aromatic heterocycles. The molecule has 17 heavy (non-hydrogen) atoms. The van der Waals surface area contributed by atoms with Crippen LogP contribution in [0, 0.1) is 5.92 Å². The van der Waals surface area contributed by atoms with Gasteiger partial charge in [0.15, 0.2) is 5.78 Å². The Morgan fingerprint density at radius 2 is 2.12 bits per heavy atom. The molecular weight excluding hydrogens is 236 g/mol. The van der Waals surface area contributed by atoms with Crippen molar-refractivity contribution >= 4 is 17.4 Å². The number of ether oxygens (including phenoxy) is 1. The lowest BCUT2D eigenvalue weighted by molar-refractivity contribution is 0.0962. The fourth-order valence-electron chi connectivity index (χ4n) is 2.43. The van der Waals surface area contributed by atoms with E-state index in [1.165, 1.54) is 25.7 Å². The summed E-state index contributed by atoms with van der Waals surface area (Å²) in [4.78, 5) is 12.1. The summed E-state index contributed by atoms with van der Waals surface area (Å²) in [5.74, 6) is 1.35. The molecule has 3 heteroatoms. The highest BCUT2D eigenvalue weighted by atomic mass is 35.5. The molecule has 0 saturated heterocycles. The van der Waals surface area contributed by atoms with Crippen LogP contribution in [0.15, 0.2) is 18.2 Å². The molecule has 2 rings (SSSR count). The van der Waals surface area contributed by atoms with Crippen LogP contribution in [0.2, 0.25) is 5.02 Å². The van der Waals surface area contributed by atoms with E-state index in [0.29, 0.717) is 28.7 Å². The van der Waals surface area contributed by atoms with E-state index in [-0.39, 0.29) is 5.78 Å². The number of halogens is 1. The minimum atomic E-state index is 0.201. The molecule has 0 spiro atoms. The summed E-state index contributed by atoms with van der Waals surface area (Å²) in [6.07, 6.45) is 5.57. The standard InChI is InChI=1S/C14H17ClO2/c1-17-14-9-11(6-7-12(14)15)13(16)8-10-4-2-3-5-10/h6-7,9-10H,2-5,8H2,1H3. The molecule has 0 radical (unpaired) electrons. The first-order chi connectivity index (χ1) is 8.20. The third-order valence-corrected chi connectivity index (χ3v) is 3.73. The zero-order valence-electron chi connectivity index (χ0n) is 10.0. The monoisotopic (exact) mass is 252 g/mol. The average Bonchev–Trinajstić information content (AvgIpc) is 2.82. The Morgan fingerprint density at radius 3 is 2.76 bits per heavy atom. The second-order valence-electron chi connectivity index (χ2n) is 4.63. The molecule has 1 fully saturated rings. The molecule has 1 saturated carbocycles. The first-order valence-corrected chi connectivity index (χ1v) is 6.45. The van der Waals surface area contributed by atoms with Gasteiger partial charge in [0.05, 0.1) is 12.1 Å². The maximum absolute atomic E-state index is 12.1. The summed E-state index contributed by atoms with van der Waals surface area (Å²) in [5.41, 5.74) is 0.707. The van der Waals surface area contributed by atoms with E-state index in [1.54, 1.807) is 25.3 Å². The predicted molar refractivity (Wildman–Crippen MR) is 68.9 cm³/mol. The molecule has 0 aliphatic heterocycles. The summed E-state index contributed by atoms with van der Waals surface area (Å²) in [7, 11) is 1.56. The van der Waals surface area contributed by atoms with Crippen LogP contribution in [-0.2, 0) is 0 Å².